The van der Waals surface area contributed by atoms with E-state index >= 15 is 0 Å². The summed E-state index contributed by atoms with van der Waals surface area (Å²) in [5.41, 5.74) is 1.07. The highest BCUT2D eigenvalue weighted by molar-refractivity contribution is 5.91. The van der Waals surface area contributed by atoms with Gasteiger partial charge in [0.25, 0.3) is 0 Å². The summed E-state index contributed by atoms with van der Waals surface area (Å²) in [4.78, 5) is 24.6. The minimum Gasteiger partial charge on any atom is -0.457 e. The maximum absolute atomic E-state index is 12.4. The molecule has 0 amide bonds. The highest BCUT2D eigenvalue weighted by atomic mass is 16.6. The van der Waals surface area contributed by atoms with Crippen molar-refractivity contribution in [3.8, 4) is 0 Å². The fraction of sp³-hybridized carbons (Fsp3) is 0.600. The number of aliphatic hydroxyl groups excluding tert-OH is 2. The van der Waals surface area contributed by atoms with Crippen molar-refractivity contribution < 1.29 is 34.0 Å². The Morgan fingerprint density at radius 2 is 2.04 bits per heavy atom. The molecule has 3 fully saturated rings. The Kier molecular flexibility index (Phi) is 3.93. The Balaban J connectivity index is 1.82. The van der Waals surface area contributed by atoms with E-state index in [2.05, 4.69) is 6.58 Å². The van der Waals surface area contributed by atoms with E-state index < -0.39 is 59.9 Å². The van der Waals surface area contributed by atoms with E-state index in [1.807, 2.05) is 6.92 Å². The van der Waals surface area contributed by atoms with Crippen LogP contribution in [0, 0.1) is 11.8 Å². The number of esters is 2. The lowest BCUT2D eigenvalue weighted by Gasteiger charge is -2.29. The second-order valence-corrected chi connectivity index (χ2v) is 7.99. The van der Waals surface area contributed by atoms with Gasteiger partial charge in [0, 0.05) is 11.1 Å². The average Bonchev–Trinajstić information content (AvgIpc) is 3.18. The van der Waals surface area contributed by atoms with Gasteiger partial charge >= 0.3 is 11.9 Å². The molecule has 7 heteroatoms. The van der Waals surface area contributed by atoms with Crippen molar-refractivity contribution in [2.45, 2.75) is 63.8 Å². The highest BCUT2D eigenvalue weighted by Gasteiger charge is 2.74. The second-order valence-electron chi connectivity index (χ2n) is 7.99. The smallest absolute Gasteiger partial charge is 0.334 e. The summed E-state index contributed by atoms with van der Waals surface area (Å²) < 4.78 is 16.9. The van der Waals surface area contributed by atoms with Crippen LogP contribution in [0.15, 0.2) is 34.9 Å². The third-order valence-corrected chi connectivity index (χ3v) is 6.59. The first-order valence-corrected chi connectivity index (χ1v) is 9.11. The minimum absolute atomic E-state index is 0.146. The lowest BCUT2D eigenvalue weighted by atomic mass is 9.80. The quantitative estimate of drug-likeness (QED) is 0.318. The maximum atomic E-state index is 12.4. The van der Waals surface area contributed by atoms with Gasteiger partial charge < -0.3 is 24.4 Å². The van der Waals surface area contributed by atoms with Gasteiger partial charge in [-0.25, -0.2) is 9.59 Å². The van der Waals surface area contributed by atoms with Crippen LogP contribution in [0.1, 0.15) is 27.7 Å². The first-order valence-electron chi connectivity index (χ1n) is 9.11. The van der Waals surface area contributed by atoms with Crippen LogP contribution in [0.2, 0.25) is 0 Å². The summed E-state index contributed by atoms with van der Waals surface area (Å²) in [5, 5.41) is 21.8. The van der Waals surface area contributed by atoms with Crippen molar-refractivity contribution >= 4 is 11.9 Å². The molecule has 2 aliphatic heterocycles. The van der Waals surface area contributed by atoms with E-state index in [9.17, 15) is 19.8 Å². The molecule has 0 radical (unpaired) electrons. The number of rotatable bonds is 2. The molecule has 2 saturated heterocycles. The Labute approximate surface area is 157 Å². The van der Waals surface area contributed by atoms with Gasteiger partial charge in [-0.1, -0.05) is 12.7 Å². The Hall–Kier alpha value is -1.96. The molecule has 4 rings (SSSR count). The molecule has 2 aliphatic carbocycles. The summed E-state index contributed by atoms with van der Waals surface area (Å²) >= 11 is 0. The van der Waals surface area contributed by atoms with Gasteiger partial charge in [-0.05, 0) is 38.8 Å². The number of hydrogen-bond donors (Lipinski definition) is 2. The van der Waals surface area contributed by atoms with Crippen molar-refractivity contribution in [3.05, 3.63) is 34.9 Å². The molecule has 0 bridgehead atoms. The van der Waals surface area contributed by atoms with E-state index in [4.69, 9.17) is 14.2 Å². The van der Waals surface area contributed by atoms with Gasteiger partial charge in [0.05, 0.1) is 11.8 Å². The van der Waals surface area contributed by atoms with Gasteiger partial charge in [-0.2, -0.15) is 0 Å². The molecule has 4 aliphatic rings. The van der Waals surface area contributed by atoms with Crippen molar-refractivity contribution in [2.75, 3.05) is 0 Å². The van der Waals surface area contributed by atoms with Crippen LogP contribution in [0.4, 0.5) is 0 Å². The van der Waals surface area contributed by atoms with E-state index in [1.165, 1.54) is 0 Å². The van der Waals surface area contributed by atoms with Crippen LogP contribution in [-0.4, -0.2) is 58.3 Å². The first kappa shape index (κ1) is 18.4. The molecule has 8 atom stereocenters. The zero-order chi connectivity index (χ0) is 19.8. The average molecular weight is 376 g/mol. The number of ether oxygens (including phenoxy) is 3. The Morgan fingerprint density at radius 1 is 1.37 bits per heavy atom. The van der Waals surface area contributed by atoms with E-state index in [-0.39, 0.29) is 5.57 Å². The number of allylic oxidation sites excluding steroid dienone is 1. The fourth-order valence-corrected chi connectivity index (χ4v) is 4.88. The monoisotopic (exact) mass is 376 g/mol. The minimum atomic E-state index is -1.21. The Bertz CT molecular complexity index is 809. The van der Waals surface area contributed by atoms with E-state index in [0.29, 0.717) is 16.7 Å². The van der Waals surface area contributed by atoms with Crippen molar-refractivity contribution in [2.24, 2.45) is 11.8 Å². The van der Waals surface area contributed by atoms with Gasteiger partial charge in [0.1, 0.15) is 36.1 Å². The van der Waals surface area contributed by atoms with Crippen LogP contribution < -0.4 is 0 Å². The number of hydrogen-bond acceptors (Lipinski definition) is 7. The van der Waals surface area contributed by atoms with Gasteiger partial charge in [-0.15, -0.1) is 0 Å². The standard InChI is InChI=1S/C20H24O7/c1-6-7(2)18(23)25-15-8(3)10-12(20(5)17(27-20)14(10)22)16-11(13(15)21)9(4)19(24)26-16/h6,11-17,21-22H,4H2,1-3,5H3/b7-6-/t11-,12+,13-,14-,15-,16+,17+,20-/m1/s1. The van der Waals surface area contributed by atoms with Crippen LogP contribution in [0.5, 0.6) is 0 Å². The molecular weight excluding hydrogens is 352 g/mol. The molecule has 146 valence electrons. The predicted molar refractivity (Wildman–Crippen MR) is 93.3 cm³/mol. The van der Waals surface area contributed by atoms with Crippen LogP contribution in [0.3, 0.4) is 0 Å². The summed E-state index contributed by atoms with van der Waals surface area (Å²) in [5.74, 6) is -2.31. The third-order valence-electron chi connectivity index (χ3n) is 6.59. The summed E-state index contributed by atoms with van der Waals surface area (Å²) in [6.45, 7) is 10.7. The number of carbonyl (C=O) groups excluding carboxylic acids is 2. The number of aliphatic hydroxyl groups is 2. The molecule has 7 nitrogen and oxygen atoms in total. The number of fused-ring (bicyclic) bond motifs is 5. The lowest BCUT2D eigenvalue weighted by molar-refractivity contribution is -0.151. The van der Waals surface area contributed by atoms with Crippen LogP contribution in [0.25, 0.3) is 0 Å². The van der Waals surface area contributed by atoms with E-state index in [1.54, 1.807) is 26.8 Å². The number of epoxide rings is 1. The Morgan fingerprint density at radius 3 is 2.67 bits per heavy atom. The molecule has 0 unspecified atom stereocenters. The van der Waals surface area contributed by atoms with Crippen LogP contribution in [-0.2, 0) is 23.8 Å². The molecule has 0 aromatic rings. The molecule has 2 heterocycles. The normalized spacial score (nSPS) is 45.7. The zero-order valence-corrected chi connectivity index (χ0v) is 15.8. The molecule has 0 spiro atoms. The van der Waals surface area contributed by atoms with Gasteiger partial charge in [0.2, 0.25) is 0 Å². The summed E-state index contributed by atoms with van der Waals surface area (Å²) in [7, 11) is 0. The van der Waals surface area contributed by atoms with Gasteiger partial charge in [0.15, 0.2) is 0 Å². The predicted octanol–water partition coefficient (Wildman–Crippen LogP) is 0.801. The molecular formula is C20H24O7. The summed E-state index contributed by atoms with van der Waals surface area (Å²) in [6.07, 6.45) is -2.62. The molecule has 0 aromatic carbocycles. The summed E-state index contributed by atoms with van der Waals surface area (Å²) in [6, 6.07) is 0. The van der Waals surface area contributed by atoms with Crippen molar-refractivity contribution in [1.82, 2.24) is 0 Å². The first-order chi connectivity index (χ1) is 12.6. The SMILES string of the molecule is C=C1C(=O)O[C@H]2[C@H]1[C@@H](O)[C@H](OC(=O)/C(C)=C\C)C(C)=C1[C@@H](O)[C@@H]3O[C@]3(C)[C@@H]12. The topological polar surface area (TPSA) is 106 Å². The second kappa shape index (κ2) is 5.77. The van der Waals surface area contributed by atoms with Gasteiger partial charge in [-0.3, -0.25) is 0 Å². The zero-order valence-electron chi connectivity index (χ0n) is 15.8. The lowest BCUT2D eigenvalue weighted by Crippen LogP contribution is -2.43. The highest BCUT2D eigenvalue weighted by Crippen LogP contribution is 2.62. The molecule has 0 aromatic heterocycles. The van der Waals surface area contributed by atoms with Crippen molar-refractivity contribution in [3.63, 3.8) is 0 Å². The maximum Gasteiger partial charge on any atom is 0.334 e. The van der Waals surface area contributed by atoms with Crippen molar-refractivity contribution in [1.29, 1.82) is 0 Å². The molecule has 1 saturated carbocycles. The largest absolute Gasteiger partial charge is 0.457 e. The number of carbonyl (C=O) groups is 2. The molecule has 27 heavy (non-hydrogen) atoms. The fourth-order valence-electron chi connectivity index (χ4n) is 4.88. The van der Waals surface area contributed by atoms with Crippen LogP contribution >= 0.6 is 0 Å². The third kappa shape index (κ3) is 2.31. The molecule has 2 N–H and O–H groups in total. The van der Waals surface area contributed by atoms with E-state index in [0.717, 1.165) is 0 Å².